The van der Waals surface area contributed by atoms with Gasteiger partial charge in [0.2, 0.25) is 5.91 Å². The van der Waals surface area contributed by atoms with Crippen LogP contribution in [0.1, 0.15) is 19.3 Å². The van der Waals surface area contributed by atoms with E-state index >= 15 is 0 Å². The van der Waals surface area contributed by atoms with Crippen LogP contribution in [0.15, 0.2) is 0 Å². The van der Waals surface area contributed by atoms with Crippen LogP contribution < -0.4 is 5.32 Å². The van der Waals surface area contributed by atoms with Crippen LogP contribution in [0.5, 0.6) is 0 Å². The number of carbonyl (C=O) groups excluding carboxylic acids is 2. The molecule has 8 heteroatoms. The zero-order valence-electron chi connectivity index (χ0n) is 11.3. The third-order valence-corrected chi connectivity index (χ3v) is 3.27. The van der Waals surface area contributed by atoms with Crippen molar-refractivity contribution in [2.45, 2.75) is 25.4 Å². The maximum Gasteiger partial charge on any atom is 0.471 e. The Bertz CT molecular complexity index is 339. The average Bonchev–Trinajstić information content (AvgIpc) is 2.41. The van der Waals surface area contributed by atoms with E-state index in [9.17, 15) is 22.8 Å². The van der Waals surface area contributed by atoms with Crippen LogP contribution in [-0.2, 0) is 14.3 Å². The van der Waals surface area contributed by atoms with E-state index in [4.69, 9.17) is 4.74 Å². The summed E-state index contributed by atoms with van der Waals surface area (Å²) < 4.78 is 41.5. The van der Waals surface area contributed by atoms with Gasteiger partial charge in [0.05, 0.1) is 6.61 Å². The maximum atomic E-state index is 12.2. The van der Waals surface area contributed by atoms with Crippen molar-refractivity contribution in [1.29, 1.82) is 0 Å². The quantitative estimate of drug-likeness (QED) is 0.821. The molecule has 5 nitrogen and oxygen atoms in total. The number of methoxy groups -OCH3 is 1. The molecule has 0 aromatic carbocycles. The largest absolute Gasteiger partial charge is 0.471 e. The Hall–Kier alpha value is -1.31. The monoisotopic (exact) mass is 296 g/mol. The van der Waals surface area contributed by atoms with E-state index in [0.29, 0.717) is 26.0 Å². The van der Waals surface area contributed by atoms with Crippen molar-refractivity contribution in [1.82, 2.24) is 10.2 Å². The van der Waals surface area contributed by atoms with Crippen molar-refractivity contribution in [3.05, 3.63) is 0 Å². The summed E-state index contributed by atoms with van der Waals surface area (Å²) in [5.74, 6) is -1.81. The van der Waals surface area contributed by atoms with Gasteiger partial charge < -0.3 is 15.0 Å². The van der Waals surface area contributed by atoms with E-state index in [2.05, 4.69) is 5.32 Å². The molecule has 2 amide bonds. The second-order valence-corrected chi connectivity index (χ2v) is 4.78. The van der Waals surface area contributed by atoms with E-state index in [1.165, 1.54) is 7.11 Å². The highest BCUT2D eigenvalue weighted by molar-refractivity contribution is 5.81. The fourth-order valence-corrected chi connectivity index (χ4v) is 2.06. The van der Waals surface area contributed by atoms with Gasteiger partial charge in [0.15, 0.2) is 0 Å². The maximum absolute atomic E-state index is 12.2. The minimum atomic E-state index is -4.80. The van der Waals surface area contributed by atoms with Crippen molar-refractivity contribution >= 4 is 11.8 Å². The van der Waals surface area contributed by atoms with Crippen molar-refractivity contribution in [3.8, 4) is 0 Å². The first-order chi connectivity index (χ1) is 9.34. The summed E-state index contributed by atoms with van der Waals surface area (Å²) in [6, 6.07) is 0. The van der Waals surface area contributed by atoms with Gasteiger partial charge in [0.1, 0.15) is 0 Å². The first-order valence-corrected chi connectivity index (χ1v) is 6.46. The Kier molecular flexibility index (Phi) is 6.25. The van der Waals surface area contributed by atoms with E-state index in [0.717, 1.165) is 4.90 Å². The van der Waals surface area contributed by atoms with Crippen LogP contribution in [0.4, 0.5) is 13.2 Å². The number of nitrogens with one attached hydrogen (secondary N) is 1. The van der Waals surface area contributed by atoms with Gasteiger partial charge in [-0.1, -0.05) is 0 Å². The van der Waals surface area contributed by atoms with Gasteiger partial charge in [-0.15, -0.1) is 0 Å². The summed E-state index contributed by atoms with van der Waals surface area (Å²) in [5, 5.41) is 2.72. The number of alkyl halides is 3. The van der Waals surface area contributed by atoms with Gasteiger partial charge in [0.25, 0.3) is 0 Å². The van der Waals surface area contributed by atoms with Gasteiger partial charge in [-0.2, -0.15) is 13.2 Å². The fourth-order valence-electron chi connectivity index (χ4n) is 2.06. The smallest absolute Gasteiger partial charge is 0.384 e. The molecule has 1 N–H and O–H groups in total. The number of ether oxygens (including phenoxy) is 1. The zero-order valence-corrected chi connectivity index (χ0v) is 11.3. The molecular weight excluding hydrogens is 277 g/mol. The predicted molar refractivity (Wildman–Crippen MR) is 64.9 cm³/mol. The predicted octanol–water partition coefficient (Wildman–Crippen LogP) is 0.940. The molecule has 1 aliphatic rings. The second-order valence-electron chi connectivity index (χ2n) is 4.78. The summed E-state index contributed by atoms with van der Waals surface area (Å²) in [4.78, 5) is 23.2. The molecule has 0 unspecified atom stereocenters. The molecule has 1 heterocycles. The summed E-state index contributed by atoms with van der Waals surface area (Å²) in [6.07, 6.45) is -3.61. The van der Waals surface area contributed by atoms with Crippen molar-refractivity contribution in [2.24, 2.45) is 5.92 Å². The molecule has 0 saturated carbocycles. The molecule has 0 atom stereocenters. The highest BCUT2D eigenvalue weighted by Crippen LogP contribution is 2.23. The van der Waals surface area contributed by atoms with E-state index in [1.54, 1.807) is 0 Å². The van der Waals surface area contributed by atoms with Gasteiger partial charge >= 0.3 is 12.1 Å². The Morgan fingerprint density at radius 1 is 1.30 bits per heavy atom. The summed E-state index contributed by atoms with van der Waals surface area (Å²) >= 11 is 0. The van der Waals surface area contributed by atoms with Crippen LogP contribution >= 0.6 is 0 Å². The minimum absolute atomic E-state index is 0.0803. The summed E-state index contributed by atoms with van der Waals surface area (Å²) in [5.41, 5.74) is 0. The first-order valence-electron chi connectivity index (χ1n) is 6.46. The van der Waals surface area contributed by atoms with Gasteiger partial charge in [0, 0.05) is 33.2 Å². The van der Waals surface area contributed by atoms with Crippen LogP contribution in [0, 0.1) is 5.92 Å². The third-order valence-electron chi connectivity index (χ3n) is 3.27. The average molecular weight is 296 g/mol. The SMILES string of the molecule is COCCC(=O)NCC1CCN(C(=O)C(F)(F)F)CC1. The number of carbonyl (C=O) groups is 2. The van der Waals surface area contributed by atoms with Gasteiger partial charge in [-0.05, 0) is 18.8 Å². The normalized spacial score (nSPS) is 17.1. The van der Waals surface area contributed by atoms with Crippen molar-refractivity contribution in [3.63, 3.8) is 0 Å². The fraction of sp³-hybridized carbons (Fsp3) is 0.833. The van der Waals surface area contributed by atoms with E-state index in [-0.39, 0.29) is 31.3 Å². The number of hydrogen-bond acceptors (Lipinski definition) is 3. The molecule has 1 aliphatic heterocycles. The molecule has 0 radical (unpaired) electrons. The van der Waals surface area contributed by atoms with Crippen LogP contribution in [-0.4, -0.2) is 56.2 Å². The lowest BCUT2D eigenvalue weighted by atomic mass is 9.96. The molecule has 20 heavy (non-hydrogen) atoms. The number of halogens is 3. The molecule has 0 bridgehead atoms. The molecule has 0 aromatic rings. The van der Waals surface area contributed by atoms with Crippen molar-refractivity contribution in [2.75, 3.05) is 33.4 Å². The summed E-state index contributed by atoms with van der Waals surface area (Å²) in [6.45, 7) is 0.925. The minimum Gasteiger partial charge on any atom is -0.384 e. The second kappa shape index (κ2) is 7.47. The number of piperidine rings is 1. The Morgan fingerprint density at radius 2 is 1.90 bits per heavy atom. The number of rotatable bonds is 5. The number of amides is 2. The topological polar surface area (TPSA) is 58.6 Å². The number of hydrogen-bond donors (Lipinski definition) is 1. The van der Waals surface area contributed by atoms with E-state index < -0.39 is 12.1 Å². The van der Waals surface area contributed by atoms with Crippen molar-refractivity contribution < 1.29 is 27.5 Å². The molecule has 1 rings (SSSR count). The lowest BCUT2D eigenvalue weighted by molar-refractivity contribution is -0.186. The third kappa shape index (κ3) is 5.36. The molecule has 116 valence electrons. The van der Waals surface area contributed by atoms with Crippen LogP contribution in [0.2, 0.25) is 0 Å². The lowest BCUT2D eigenvalue weighted by Gasteiger charge is -2.32. The Morgan fingerprint density at radius 3 is 2.40 bits per heavy atom. The molecule has 0 aromatic heterocycles. The first kappa shape index (κ1) is 16.7. The molecule has 1 fully saturated rings. The van der Waals surface area contributed by atoms with E-state index in [1.807, 2.05) is 0 Å². The highest BCUT2D eigenvalue weighted by atomic mass is 19.4. The Balaban J connectivity index is 2.26. The number of likely N-dealkylation sites (tertiary alicyclic amines) is 1. The van der Waals surface area contributed by atoms with Crippen LogP contribution in [0.25, 0.3) is 0 Å². The standard InChI is InChI=1S/C12H19F3N2O3/c1-20-7-4-10(18)16-8-9-2-5-17(6-3-9)11(19)12(13,14)15/h9H,2-8H2,1H3,(H,16,18). The zero-order chi connectivity index (χ0) is 15.2. The highest BCUT2D eigenvalue weighted by Gasteiger charge is 2.43. The molecular formula is C12H19F3N2O3. The molecule has 0 spiro atoms. The number of nitrogens with zero attached hydrogens (tertiary/aromatic N) is 1. The van der Waals surface area contributed by atoms with Crippen LogP contribution in [0.3, 0.4) is 0 Å². The van der Waals surface area contributed by atoms with Gasteiger partial charge in [-0.3, -0.25) is 9.59 Å². The van der Waals surface area contributed by atoms with Gasteiger partial charge in [-0.25, -0.2) is 0 Å². The molecule has 1 saturated heterocycles. The lowest BCUT2D eigenvalue weighted by Crippen LogP contribution is -2.46. The molecule has 0 aliphatic carbocycles. The summed E-state index contributed by atoms with van der Waals surface area (Å²) in [7, 11) is 1.50. The Labute approximate surface area is 115 Å².